The largest absolute Gasteiger partial charge is 0.339 e. The molecule has 2 heterocycles. The summed E-state index contributed by atoms with van der Waals surface area (Å²) in [6, 6.07) is 8.33. The molecule has 0 aliphatic rings. The average Bonchev–Trinajstić information content (AvgIpc) is 2.98. The summed E-state index contributed by atoms with van der Waals surface area (Å²) in [4.78, 5) is 29.4. The van der Waals surface area contributed by atoms with Crippen LogP contribution in [0.25, 0.3) is 0 Å². The van der Waals surface area contributed by atoms with E-state index < -0.39 is 6.04 Å². The molecule has 1 atom stereocenters. The van der Waals surface area contributed by atoms with Crippen molar-refractivity contribution in [2.75, 3.05) is 5.32 Å². The van der Waals surface area contributed by atoms with Gasteiger partial charge in [0.1, 0.15) is 11.9 Å². The molecule has 116 valence electrons. The van der Waals surface area contributed by atoms with Crippen LogP contribution in [0.2, 0.25) is 0 Å². The van der Waals surface area contributed by atoms with E-state index in [0.29, 0.717) is 10.7 Å². The van der Waals surface area contributed by atoms with Gasteiger partial charge in [-0.05, 0) is 36.4 Å². The number of carbonyl (C=O) groups is 2. The fraction of sp³-hybridized carbons (Fsp3) is 0.312. The lowest BCUT2D eigenvalue weighted by atomic mass is 10.0. The molecule has 0 spiro atoms. The molecule has 5 nitrogen and oxygen atoms in total. The summed E-state index contributed by atoms with van der Waals surface area (Å²) >= 11 is 1.35. The molecule has 0 aliphatic carbocycles. The molecular formula is C16H19N3O2S. The van der Waals surface area contributed by atoms with Gasteiger partial charge < -0.3 is 10.6 Å². The standard InChI is InChI=1S/C16H19N3O2S/c1-10(2)14(19-15(20)12-7-5-9-22-12)16(21)18-13-8-4-6-11(3)17-13/h4-10,14H,1-3H3,(H,19,20)(H,17,18,21)/t14-/m1/s1. The van der Waals surface area contributed by atoms with Gasteiger partial charge in [0, 0.05) is 5.69 Å². The highest BCUT2D eigenvalue weighted by atomic mass is 32.1. The molecule has 0 saturated carbocycles. The van der Waals surface area contributed by atoms with E-state index >= 15 is 0 Å². The number of anilines is 1. The molecule has 2 N–H and O–H groups in total. The zero-order valence-corrected chi connectivity index (χ0v) is 13.6. The van der Waals surface area contributed by atoms with Gasteiger partial charge in [-0.25, -0.2) is 4.98 Å². The quantitative estimate of drug-likeness (QED) is 0.891. The van der Waals surface area contributed by atoms with Crippen LogP contribution in [0.5, 0.6) is 0 Å². The number of amides is 2. The maximum Gasteiger partial charge on any atom is 0.262 e. The van der Waals surface area contributed by atoms with Crippen LogP contribution in [0.1, 0.15) is 29.2 Å². The van der Waals surface area contributed by atoms with E-state index in [2.05, 4.69) is 15.6 Å². The zero-order chi connectivity index (χ0) is 16.1. The van der Waals surface area contributed by atoms with Crippen molar-refractivity contribution >= 4 is 29.0 Å². The third-order valence-electron chi connectivity index (χ3n) is 3.12. The first-order chi connectivity index (χ1) is 10.5. The van der Waals surface area contributed by atoms with Gasteiger partial charge >= 0.3 is 0 Å². The molecule has 0 aliphatic heterocycles. The van der Waals surface area contributed by atoms with Crippen molar-refractivity contribution in [1.82, 2.24) is 10.3 Å². The van der Waals surface area contributed by atoms with Gasteiger partial charge in [-0.2, -0.15) is 0 Å². The Morgan fingerprint density at radius 2 is 1.95 bits per heavy atom. The highest BCUT2D eigenvalue weighted by Gasteiger charge is 2.25. The molecule has 2 amide bonds. The van der Waals surface area contributed by atoms with Crippen molar-refractivity contribution in [3.8, 4) is 0 Å². The van der Waals surface area contributed by atoms with Crippen LogP contribution in [0.4, 0.5) is 5.82 Å². The summed E-state index contributed by atoms with van der Waals surface area (Å²) < 4.78 is 0. The Morgan fingerprint density at radius 1 is 1.18 bits per heavy atom. The highest BCUT2D eigenvalue weighted by Crippen LogP contribution is 2.12. The molecule has 0 fully saturated rings. The van der Waals surface area contributed by atoms with Crippen molar-refractivity contribution in [2.45, 2.75) is 26.8 Å². The van der Waals surface area contributed by atoms with Gasteiger partial charge in [-0.15, -0.1) is 11.3 Å². The van der Waals surface area contributed by atoms with Crippen molar-refractivity contribution in [3.05, 3.63) is 46.3 Å². The van der Waals surface area contributed by atoms with Gasteiger partial charge in [0.2, 0.25) is 5.91 Å². The van der Waals surface area contributed by atoms with Crippen LogP contribution in [0.15, 0.2) is 35.7 Å². The lowest BCUT2D eigenvalue weighted by Crippen LogP contribution is -2.47. The number of hydrogen-bond acceptors (Lipinski definition) is 4. The fourth-order valence-corrected chi connectivity index (χ4v) is 2.60. The normalized spacial score (nSPS) is 12.0. The second kappa shape index (κ2) is 7.17. The molecule has 0 unspecified atom stereocenters. The lowest BCUT2D eigenvalue weighted by molar-refractivity contribution is -0.118. The van der Waals surface area contributed by atoms with Crippen molar-refractivity contribution in [1.29, 1.82) is 0 Å². The van der Waals surface area contributed by atoms with E-state index in [-0.39, 0.29) is 17.7 Å². The molecule has 0 aromatic carbocycles. The van der Waals surface area contributed by atoms with Crippen LogP contribution < -0.4 is 10.6 Å². The van der Waals surface area contributed by atoms with Crippen LogP contribution in [-0.2, 0) is 4.79 Å². The molecule has 0 saturated heterocycles. The maximum atomic E-state index is 12.4. The number of aromatic nitrogens is 1. The first-order valence-corrected chi connectivity index (χ1v) is 7.94. The first-order valence-electron chi connectivity index (χ1n) is 7.06. The van der Waals surface area contributed by atoms with E-state index in [9.17, 15) is 9.59 Å². The number of nitrogens with zero attached hydrogens (tertiary/aromatic N) is 1. The second-order valence-electron chi connectivity index (χ2n) is 5.33. The van der Waals surface area contributed by atoms with Gasteiger partial charge in [-0.3, -0.25) is 9.59 Å². The predicted molar refractivity (Wildman–Crippen MR) is 88.0 cm³/mol. The summed E-state index contributed by atoms with van der Waals surface area (Å²) in [5.74, 6) is -0.0474. The van der Waals surface area contributed by atoms with Crippen molar-refractivity contribution in [2.24, 2.45) is 5.92 Å². The Bertz CT molecular complexity index is 653. The van der Waals surface area contributed by atoms with Crippen molar-refractivity contribution in [3.63, 3.8) is 0 Å². The molecule has 22 heavy (non-hydrogen) atoms. The van der Waals surface area contributed by atoms with Gasteiger partial charge in [0.15, 0.2) is 0 Å². The maximum absolute atomic E-state index is 12.4. The van der Waals surface area contributed by atoms with E-state index in [0.717, 1.165) is 5.69 Å². The summed E-state index contributed by atoms with van der Waals surface area (Å²) in [5.41, 5.74) is 0.821. The molecule has 0 radical (unpaired) electrons. The molecule has 2 aromatic heterocycles. The second-order valence-corrected chi connectivity index (χ2v) is 6.27. The van der Waals surface area contributed by atoms with E-state index in [4.69, 9.17) is 0 Å². The van der Waals surface area contributed by atoms with Crippen LogP contribution in [-0.4, -0.2) is 22.8 Å². The predicted octanol–water partition coefficient (Wildman–Crippen LogP) is 2.84. The Hall–Kier alpha value is -2.21. The minimum absolute atomic E-state index is 0.0336. The van der Waals surface area contributed by atoms with Crippen LogP contribution in [0, 0.1) is 12.8 Å². The number of pyridine rings is 1. The Balaban J connectivity index is 2.07. The first kappa shape index (κ1) is 16.2. The third-order valence-corrected chi connectivity index (χ3v) is 3.99. The van der Waals surface area contributed by atoms with Gasteiger partial charge in [-0.1, -0.05) is 26.0 Å². The minimum Gasteiger partial charge on any atom is -0.339 e. The summed E-state index contributed by atoms with van der Waals surface area (Å²) in [7, 11) is 0. The number of carbonyl (C=O) groups excluding carboxylic acids is 2. The summed E-state index contributed by atoms with van der Waals surface area (Å²) in [6.07, 6.45) is 0. The average molecular weight is 317 g/mol. The molecule has 2 aromatic rings. The monoisotopic (exact) mass is 317 g/mol. The summed E-state index contributed by atoms with van der Waals surface area (Å²) in [6.45, 7) is 5.64. The Kier molecular flexibility index (Phi) is 5.27. The van der Waals surface area contributed by atoms with E-state index in [1.165, 1.54) is 11.3 Å². The SMILES string of the molecule is Cc1cccc(NC(=O)[C@H](NC(=O)c2cccs2)C(C)C)n1. The number of hydrogen-bond donors (Lipinski definition) is 2. The third kappa shape index (κ3) is 4.14. The van der Waals surface area contributed by atoms with E-state index in [1.807, 2.05) is 38.3 Å². The van der Waals surface area contributed by atoms with Gasteiger partial charge in [0.25, 0.3) is 5.91 Å². The number of rotatable bonds is 5. The number of thiophene rings is 1. The Morgan fingerprint density at radius 3 is 2.55 bits per heavy atom. The lowest BCUT2D eigenvalue weighted by Gasteiger charge is -2.21. The van der Waals surface area contributed by atoms with Crippen LogP contribution >= 0.6 is 11.3 Å². The number of nitrogens with one attached hydrogen (secondary N) is 2. The Labute approximate surface area is 133 Å². The van der Waals surface area contributed by atoms with Crippen molar-refractivity contribution < 1.29 is 9.59 Å². The van der Waals surface area contributed by atoms with Crippen LogP contribution in [0.3, 0.4) is 0 Å². The zero-order valence-electron chi connectivity index (χ0n) is 12.8. The van der Waals surface area contributed by atoms with E-state index in [1.54, 1.807) is 18.2 Å². The smallest absolute Gasteiger partial charge is 0.262 e. The molecule has 0 bridgehead atoms. The van der Waals surface area contributed by atoms with Gasteiger partial charge in [0.05, 0.1) is 4.88 Å². The topological polar surface area (TPSA) is 71.1 Å². The minimum atomic E-state index is -0.614. The molecule has 6 heteroatoms. The number of aryl methyl sites for hydroxylation is 1. The summed E-state index contributed by atoms with van der Waals surface area (Å²) in [5, 5.41) is 7.37. The molecule has 2 rings (SSSR count). The molecular weight excluding hydrogens is 298 g/mol. The highest BCUT2D eigenvalue weighted by molar-refractivity contribution is 7.12. The fourth-order valence-electron chi connectivity index (χ4n) is 1.97.